The molecule has 7 nitrogen and oxygen atoms in total. The largest absolute Gasteiger partial charge is 0.479 e. The Morgan fingerprint density at radius 2 is 2.19 bits per heavy atom. The van der Waals surface area contributed by atoms with E-state index in [2.05, 4.69) is 5.32 Å². The van der Waals surface area contributed by atoms with Gasteiger partial charge in [-0.3, -0.25) is 14.4 Å². The van der Waals surface area contributed by atoms with Crippen LogP contribution >= 0.6 is 0 Å². The van der Waals surface area contributed by atoms with Crippen molar-refractivity contribution >= 4 is 18.3 Å². The lowest BCUT2D eigenvalue weighted by molar-refractivity contribution is -0.192. The number of carbonyl (C=O) groups excluding carboxylic acids is 2. The lowest BCUT2D eigenvalue weighted by Gasteiger charge is -2.20. The third kappa shape index (κ3) is 6.77. The number of nitrogens with zero attached hydrogens (tertiary/aromatic N) is 1. The molecule has 2 amide bonds. The number of carboxylic acid groups (broad SMARTS) is 1. The molecule has 0 spiro atoms. The van der Waals surface area contributed by atoms with E-state index in [0.29, 0.717) is 19.4 Å². The number of hydrogen-bond acceptors (Lipinski definition) is 4. The molecule has 0 aliphatic carbocycles. The van der Waals surface area contributed by atoms with Gasteiger partial charge in [0, 0.05) is 6.54 Å². The predicted octanol–water partition coefficient (Wildman–Crippen LogP) is -0.623. The van der Waals surface area contributed by atoms with Crippen molar-refractivity contribution in [1.82, 2.24) is 10.4 Å². The van der Waals surface area contributed by atoms with E-state index < -0.39 is 18.5 Å². The van der Waals surface area contributed by atoms with Crippen molar-refractivity contribution in [2.75, 3.05) is 19.7 Å². The van der Waals surface area contributed by atoms with Gasteiger partial charge >= 0.3 is 5.97 Å². The van der Waals surface area contributed by atoms with Gasteiger partial charge in [-0.05, 0) is 6.42 Å². The molecule has 16 heavy (non-hydrogen) atoms. The Kier molecular flexibility index (Phi) is 7.78. The standard InChI is InChI=1S/C9H16N2O5/c1-2-3-4-11(16-6-9(14)15)8(13)5-10-7-12/h7H,2-6H2,1H3,(H,10,12)(H,14,15). The minimum Gasteiger partial charge on any atom is -0.479 e. The Labute approximate surface area is 93.3 Å². The van der Waals surface area contributed by atoms with Crippen LogP contribution in [-0.2, 0) is 19.2 Å². The molecule has 0 aromatic rings. The smallest absolute Gasteiger partial charge is 0.332 e. The summed E-state index contributed by atoms with van der Waals surface area (Å²) in [6, 6.07) is 0. The Morgan fingerprint density at radius 1 is 1.50 bits per heavy atom. The molecule has 0 aliphatic heterocycles. The predicted molar refractivity (Wildman–Crippen MR) is 54.3 cm³/mol. The monoisotopic (exact) mass is 232 g/mol. The second-order valence-corrected chi connectivity index (χ2v) is 3.02. The third-order valence-electron chi connectivity index (χ3n) is 1.67. The Hall–Kier alpha value is -1.63. The molecule has 92 valence electrons. The van der Waals surface area contributed by atoms with Crippen molar-refractivity contribution in [1.29, 1.82) is 0 Å². The van der Waals surface area contributed by atoms with E-state index in [1.807, 2.05) is 6.92 Å². The van der Waals surface area contributed by atoms with Gasteiger partial charge in [-0.2, -0.15) is 0 Å². The van der Waals surface area contributed by atoms with Crippen LogP contribution in [0.25, 0.3) is 0 Å². The van der Waals surface area contributed by atoms with Gasteiger partial charge in [0.15, 0.2) is 6.61 Å². The average molecular weight is 232 g/mol. The zero-order chi connectivity index (χ0) is 12.4. The van der Waals surface area contributed by atoms with Gasteiger partial charge in [0.05, 0.1) is 6.54 Å². The van der Waals surface area contributed by atoms with E-state index >= 15 is 0 Å². The lowest BCUT2D eigenvalue weighted by atomic mass is 10.3. The summed E-state index contributed by atoms with van der Waals surface area (Å²) in [5.41, 5.74) is 0. The molecule has 0 heterocycles. The maximum atomic E-state index is 11.4. The molecule has 0 atom stereocenters. The number of rotatable bonds is 9. The first-order valence-electron chi connectivity index (χ1n) is 4.94. The molecule has 0 saturated carbocycles. The number of carbonyl (C=O) groups is 3. The van der Waals surface area contributed by atoms with Crippen LogP contribution in [0.4, 0.5) is 0 Å². The summed E-state index contributed by atoms with van der Waals surface area (Å²) < 4.78 is 0. The maximum absolute atomic E-state index is 11.4. The summed E-state index contributed by atoms with van der Waals surface area (Å²) in [5.74, 6) is -1.63. The molecule has 0 saturated heterocycles. The van der Waals surface area contributed by atoms with Crippen LogP contribution in [-0.4, -0.2) is 48.2 Å². The molecule has 2 N–H and O–H groups in total. The van der Waals surface area contributed by atoms with E-state index in [-0.39, 0.29) is 6.54 Å². The number of carboxylic acids is 1. The number of nitrogens with one attached hydrogen (secondary N) is 1. The molecular formula is C9H16N2O5. The zero-order valence-corrected chi connectivity index (χ0v) is 9.14. The van der Waals surface area contributed by atoms with Crippen LogP contribution in [0.15, 0.2) is 0 Å². The van der Waals surface area contributed by atoms with Crippen LogP contribution < -0.4 is 5.32 Å². The summed E-state index contributed by atoms with van der Waals surface area (Å²) in [4.78, 5) is 36.5. The summed E-state index contributed by atoms with van der Waals surface area (Å²) in [7, 11) is 0. The van der Waals surface area contributed by atoms with Crippen molar-refractivity contribution in [3.05, 3.63) is 0 Å². The van der Waals surface area contributed by atoms with E-state index in [4.69, 9.17) is 9.94 Å². The lowest BCUT2D eigenvalue weighted by Crippen LogP contribution is -2.39. The fraction of sp³-hybridized carbons (Fsp3) is 0.667. The van der Waals surface area contributed by atoms with Crippen molar-refractivity contribution in [3.63, 3.8) is 0 Å². The van der Waals surface area contributed by atoms with Gasteiger partial charge in [-0.1, -0.05) is 13.3 Å². The molecule has 0 bridgehead atoms. The van der Waals surface area contributed by atoms with Crippen molar-refractivity contribution in [2.24, 2.45) is 0 Å². The van der Waals surface area contributed by atoms with Crippen LogP contribution in [0.5, 0.6) is 0 Å². The van der Waals surface area contributed by atoms with Crippen LogP contribution in [0, 0.1) is 0 Å². The molecule has 0 rings (SSSR count). The zero-order valence-electron chi connectivity index (χ0n) is 9.14. The number of hydrogen-bond donors (Lipinski definition) is 2. The fourth-order valence-electron chi connectivity index (χ4n) is 0.913. The van der Waals surface area contributed by atoms with Crippen molar-refractivity contribution in [3.8, 4) is 0 Å². The first-order valence-corrected chi connectivity index (χ1v) is 4.94. The minimum absolute atomic E-state index is 0.202. The van der Waals surface area contributed by atoms with Gasteiger partial charge in [0.1, 0.15) is 0 Å². The molecule has 0 aromatic heterocycles. The van der Waals surface area contributed by atoms with Crippen molar-refractivity contribution in [2.45, 2.75) is 19.8 Å². The Balaban J connectivity index is 4.10. The normalized spacial score (nSPS) is 9.56. The van der Waals surface area contributed by atoms with Crippen LogP contribution in [0.2, 0.25) is 0 Å². The summed E-state index contributed by atoms with van der Waals surface area (Å²) in [6.07, 6.45) is 1.95. The molecule has 7 heteroatoms. The average Bonchev–Trinajstić information content (AvgIpc) is 2.25. The molecule has 0 aliphatic rings. The summed E-state index contributed by atoms with van der Waals surface area (Å²) in [5, 5.41) is 11.6. The highest BCUT2D eigenvalue weighted by molar-refractivity contribution is 5.79. The van der Waals surface area contributed by atoms with Crippen molar-refractivity contribution < 1.29 is 24.3 Å². The molecule has 0 aromatic carbocycles. The first-order chi connectivity index (χ1) is 7.61. The van der Waals surface area contributed by atoms with Crippen LogP contribution in [0.3, 0.4) is 0 Å². The Bertz CT molecular complexity index is 244. The van der Waals surface area contributed by atoms with Gasteiger partial charge in [-0.15, -0.1) is 0 Å². The first kappa shape index (κ1) is 14.4. The SMILES string of the molecule is CCCCN(OCC(=O)O)C(=O)CNC=O. The summed E-state index contributed by atoms with van der Waals surface area (Å²) >= 11 is 0. The molecular weight excluding hydrogens is 216 g/mol. The fourth-order valence-corrected chi connectivity index (χ4v) is 0.913. The van der Waals surface area contributed by atoms with Gasteiger partial charge in [-0.25, -0.2) is 9.86 Å². The quantitative estimate of drug-likeness (QED) is 0.408. The highest BCUT2D eigenvalue weighted by atomic mass is 16.7. The van der Waals surface area contributed by atoms with E-state index in [1.165, 1.54) is 0 Å². The van der Waals surface area contributed by atoms with Gasteiger partial charge in [0.2, 0.25) is 6.41 Å². The summed E-state index contributed by atoms with van der Waals surface area (Å²) in [6.45, 7) is 1.47. The van der Waals surface area contributed by atoms with Gasteiger partial charge in [0.25, 0.3) is 5.91 Å². The van der Waals surface area contributed by atoms with E-state index in [9.17, 15) is 14.4 Å². The Morgan fingerprint density at radius 3 is 2.69 bits per heavy atom. The number of amides is 2. The number of unbranched alkanes of at least 4 members (excludes halogenated alkanes) is 1. The second-order valence-electron chi connectivity index (χ2n) is 3.02. The second kappa shape index (κ2) is 8.66. The molecule has 0 unspecified atom stereocenters. The number of hydroxylamine groups is 2. The molecule has 0 radical (unpaired) electrons. The van der Waals surface area contributed by atoms with Crippen LogP contribution in [0.1, 0.15) is 19.8 Å². The topological polar surface area (TPSA) is 95.9 Å². The highest BCUT2D eigenvalue weighted by Crippen LogP contribution is 1.97. The van der Waals surface area contributed by atoms with E-state index in [0.717, 1.165) is 11.5 Å². The number of aliphatic carboxylic acids is 1. The maximum Gasteiger partial charge on any atom is 0.332 e. The highest BCUT2D eigenvalue weighted by Gasteiger charge is 2.14. The van der Waals surface area contributed by atoms with E-state index in [1.54, 1.807) is 0 Å². The minimum atomic E-state index is -1.15. The molecule has 0 fully saturated rings. The third-order valence-corrected chi connectivity index (χ3v) is 1.67. The van der Waals surface area contributed by atoms with Gasteiger partial charge < -0.3 is 10.4 Å².